The average Bonchev–Trinajstić information content (AvgIpc) is 3.09. The highest BCUT2D eigenvalue weighted by Gasteiger charge is 2.31. The molecule has 8 heteroatoms. The van der Waals surface area contributed by atoms with Crippen LogP contribution in [0.3, 0.4) is 0 Å². The summed E-state index contributed by atoms with van der Waals surface area (Å²) in [7, 11) is -3.64. The molecule has 132 valence electrons. The average molecular weight is 353 g/mol. The molecule has 1 atom stereocenters. The molecule has 1 aromatic carbocycles. The van der Waals surface area contributed by atoms with E-state index in [0.717, 1.165) is 38.8 Å². The maximum atomic E-state index is 12.6. The molecule has 0 saturated carbocycles. The summed E-state index contributed by atoms with van der Waals surface area (Å²) in [5, 5.41) is 11.5. The van der Waals surface area contributed by atoms with Crippen LogP contribution in [0, 0.1) is 16.0 Å². The Balaban J connectivity index is 1.97. The minimum Gasteiger partial charge on any atom is -0.366 e. The number of hydrogen-bond acceptors (Lipinski definition) is 5. The Morgan fingerprint density at radius 3 is 2.50 bits per heavy atom. The summed E-state index contributed by atoms with van der Waals surface area (Å²) in [5.74, 6) is 0.478. The molecule has 0 radical (unpaired) electrons. The van der Waals surface area contributed by atoms with Crippen LogP contribution in [-0.2, 0) is 10.0 Å². The third-order valence-corrected chi connectivity index (χ3v) is 6.74. The highest BCUT2D eigenvalue weighted by Crippen LogP contribution is 2.34. The van der Waals surface area contributed by atoms with Crippen molar-refractivity contribution in [3.8, 4) is 0 Å². The van der Waals surface area contributed by atoms with Gasteiger partial charge in [-0.2, -0.15) is 4.31 Å². The van der Waals surface area contributed by atoms with Crippen molar-refractivity contribution in [1.29, 1.82) is 0 Å². The highest BCUT2D eigenvalue weighted by molar-refractivity contribution is 7.89. The molecule has 0 bridgehead atoms. The molecule has 7 nitrogen and oxygen atoms in total. The summed E-state index contributed by atoms with van der Waals surface area (Å²) in [4.78, 5) is 13.1. The van der Waals surface area contributed by atoms with Gasteiger partial charge in [0, 0.05) is 32.2 Å². The lowest BCUT2D eigenvalue weighted by Gasteiger charge is -2.32. The molecule has 0 aromatic heterocycles. The minimum atomic E-state index is -3.64. The first-order valence-electron chi connectivity index (χ1n) is 8.43. The van der Waals surface area contributed by atoms with Gasteiger partial charge in [-0.25, -0.2) is 8.42 Å². The summed E-state index contributed by atoms with van der Waals surface area (Å²) < 4.78 is 26.7. The Morgan fingerprint density at radius 2 is 1.88 bits per heavy atom. The molecule has 0 spiro atoms. The molecule has 2 aliphatic rings. The zero-order chi connectivity index (χ0) is 17.3. The largest absolute Gasteiger partial charge is 0.366 e. The second-order valence-electron chi connectivity index (χ2n) is 6.71. The van der Waals surface area contributed by atoms with Crippen LogP contribution in [-0.4, -0.2) is 43.8 Å². The molecule has 3 rings (SSSR count). The molecular formula is C16H23N3O4S. The SMILES string of the molecule is C[C@H]1CCCN(c2ccc(S(=O)(=O)N3CCCC3)cc2[N+](=O)[O-])C1. The van der Waals surface area contributed by atoms with Crippen molar-refractivity contribution in [2.75, 3.05) is 31.1 Å². The lowest BCUT2D eigenvalue weighted by molar-refractivity contribution is -0.384. The minimum absolute atomic E-state index is 0.0184. The van der Waals surface area contributed by atoms with Gasteiger partial charge in [0.2, 0.25) is 10.0 Å². The Bertz CT molecular complexity index is 729. The second kappa shape index (κ2) is 6.68. The number of benzene rings is 1. The van der Waals surface area contributed by atoms with Crippen molar-refractivity contribution < 1.29 is 13.3 Å². The van der Waals surface area contributed by atoms with Crippen LogP contribution < -0.4 is 4.90 Å². The van der Waals surface area contributed by atoms with Gasteiger partial charge in [-0.05, 0) is 43.7 Å². The first-order chi connectivity index (χ1) is 11.4. The maximum Gasteiger partial charge on any atom is 0.293 e. The van der Waals surface area contributed by atoms with Gasteiger partial charge in [0.15, 0.2) is 0 Å². The van der Waals surface area contributed by atoms with Gasteiger partial charge in [-0.1, -0.05) is 6.92 Å². The molecule has 2 saturated heterocycles. The Labute approximate surface area is 142 Å². The van der Waals surface area contributed by atoms with E-state index in [2.05, 4.69) is 6.92 Å². The smallest absolute Gasteiger partial charge is 0.293 e. The molecule has 2 fully saturated rings. The molecular weight excluding hydrogens is 330 g/mol. The number of sulfonamides is 1. The van der Waals surface area contributed by atoms with Crippen LogP contribution in [0.25, 0.3) is 0 Å². The number of piperidine rings is 1. The summed E-state index contributed by atoms with van der Waals surface area (Å²) in [6.45, 7) is 4.63. The maximum absolute atomic E-state index is 12.6. The fraction of sp³-hybridized carbons (Fsp3) is 0.625. The van der Waals surface area contributed by atoms with Crippen molar-refractivity contribution in [3.05, 3.63) is 28.3 Å². The number of nitro benzene ring substituents is 1. The first kappa shape index (κ1) is 17.2. The lowest BCUT2D eigenvalue weighted by atomic mass is 9.99. The summed E-state index contributed by atoms with van der Waals surface area (Å²) in [6.07, 6.45) is 3.79. The summed E-state index contributed by atoms with van der Waals surface area (Å²) >= 11 is 0. The normalized spacial score (nSPS) is 22.7. The van der Waals surface area contributed by atoms with E-state index in [9.17, 15) is 18.5 Å². The van der Waals surface area contributed by atoms with Crippen LogP contribution >= 0.6 is 0 Å². The number of anilines is 1. The fourth-order valence-corrected chi connectivity index (χ4v) is 5.10. The fourth-order valence-electron chi connectivity index (χ4n) is 3.56. The van der Waals surface area contributed by atoms with Crippen LogP contribution in [0.5, 0.6) is 0 Å². The topological polar surface area (TPSA) is 83.8 Å². The number of hydrogen-bond donors (Lipinski definition) is 0. The van der Waals surface area contributed by atoms with Gasteiger partial charge < -0.3 is 4.90 Å². The van der Waals surface area contributed by atoms with Crippen molar-refractivity contribution in [3.63, 3.8) is 0 Å². The standard InChI is InChI=1S/C16H23N3O4S/c1-13-5-4-8-17(12-13)15-7-6-14(11-16(15)19(20)21)24(22,23)18-9-2-3-10-18/h6-7,11,13H,2-5,8-10,12H2,1H3/t13-/m0/s1. The van der Waals surface area contributed by atoms with Crippen LogP contribution in [0.2, 0.25) is 0 Å². The van der Waals surface area contributed by atoms with Gasteiger partial charge in [-0.15, -0.1) is 0 Å². The molecule has 24 heavy (non-hydrogen) atoms. The molecule has 0 aliphatic carbocycles. The lowest BCUT2D eigenvalue weighted by Crippen LogP contribution is -2.34. The van der Waals surface area contributed by atoms with Crippen molar-refractivity contribution in [1.82, 2.24) is 4.31 Å². The Hall–Kier alpha value is -1.67. The number of rotatable bonds is 4. The van der Waals surface area contributed by atoms with Gasteiger partial charge >= 0.3 is 0 Å². The quantitative estimate of drug-likeness (QED) is 0.614. The first-order valence-corrected chi connectivity index (χ1v) is 9.87. The van der Waals surface area contributed by atoms with Gasteiger partial charge in [0.25, 0.3) is 5.69 Å². The van der Waals surface area contributed by atoms with Crippen molar-refractivity contribution in [2.24, 2.45) is 5.92 Å². The molecule has 0 amide bonds. The molecule has 2 heterocycles. The number of nitrogens with zero attached hydrogens (tertiary/aromatic N) is 3. The second-order valence-corrected chi connectivity index (χ2v) is 8.65. The zero-order valence-corrected chi connectivity index (χ0v) is 14.7. The van der Waals surface area contributed by atoms with E-state index in [4.69, 9.17) is 0 Å². The highest BCUT2D eigenvalue weighted by atomic mass is 32.2. The molecule has 0 unspecified atom stereocenters. The van der Waals surface area contributed by atoms with Crippen molar-refractivity contribution in [2.45, 2.75) is 37.5 Å². The zero-order valence-electron chi connectivity index (χ0n) is 13.8. The van der Waals surface area contributed by atoms with Crippen LogP contribution in [0.15, 0.2) is 23.1 Å². The third kappa shape index (κ3) is 3.25. The predicted molar refractivity (Wildman–Crippen MR) is 91.7 cm³/mol. The van der Waals surface area contributed by atoms with E-state index in [0.29, 0.717) is 24.7 Å². The van der Waals surface area contributed by atoms with Gasteiger partial charge in [0.05, 0.1) is 9.82 Å². The molecule has 0 N–H and O–H groups in total. The van der Waals surface area contributed by atoms with E-state index in [1.54, 1.807) is 6.07 Å². The van der Waals surface area contributed by atoms with E-state index >= 15 is 0 Å². The third-order valence-electron chi connectivity index (χ3n) is 4.84. The van der Waals surface area contributed by atoms with E-state index in [1.807, 2.05) is 4.90 Å². The summed E-state index contributed by atoms with van der Waals surface area (Å²) in [5.41, 5.74) is 0.399. The Morgan fingerprint density at radius 1 is 1.17 bits per heavy atom. The Kier molecular flexibility index (Phi) is 4.78. The van der Waals surface area contributed by atoms with Gasteiger partial charge in [0.1, 0.15) is 5.69 Å². The van der Waals surface area contributed by atoms with E-state index in [-0.39, 0.29) is 10.6 Å². The van der Waals surface area contributed by atoms with Gasteiger partial charge in [-0.3, -0.25) is 10.1 Å². The van der Waals surface area contributed by atoms with Crippen LogP contribution in [0.1, 0.15) is 32.6 Å². The molecule has 2 aliphatic heterocycles. The summed E-state index contributed by atoms with van der Waals surface area (Å²) in [6, 6.07) is 4.33. The number of nitro groups is 1. The molecule has 1 aromatic rings. The predicted octanol–water partition coefficient (Wildman–Crippen LogP) is 2.62. The monoisotopic (exact) mass is 353 g/mol. The van der Waals surface area contributed by atoms with Crippen LogP contribution in [0.4, 0.5) is 11.4 Å². The van der Waals surface area contributed by atoms with E-state index < -0.39 is 14.9 Å². The van der Waals surface area contributed by atoms with E-state index in [1.165, 1.54) is 16.4 Å². The van der Waals surface area contributed by atoms with Crippen molar-refractivity contribution >= 4 is 21.4 Å².